The van der Waals surface area contributed by atoms with E-state index in [0.717, 1.165) is 35.1 Å². The van der Waals surface area contributed by atoms with E-state index in [-0.39, 0.29) is 11.9 Å². The van der Waals surface area contributed by atoms with Gasteiger partial charge in [-0.2, -0.15) is 5.10 Å². The van der Waals surface area contributed by atoms with E-state index in [0.29, 0.717) is 17.8 Å². The van der Waals surface area contributed by atoms with Crippen molar-refractivity contribution in [3.05, 3.63) is 36.3 Å². The lowest BCUT2D eigenvalue weighted by atomic mass is 9.82. The standard InChI is InChI=1S/C21H26N6O/c1-26-9-8-22-20(26)13-6-7-18-17(10-13)19(25-24-18)21(28)23-14-11-15-4-3-5-16(12-14)27(15)2/h6-10,14-16H,3-5,11-12H2,1-2H3,(H,23,28)(H,24,25)/t14-,15+,16-. The molecule has 5 rings (SSSR count). The van der Waals surface area contributed by atoms with Crippen LogP contribution in [-0.2, 0) is 7.05 Å². The normalized spacial score (nSPS) is 25.1. The summed E-state index contributed by atoms with van der Waals surface area (Å²) in [5.41, 5.74) is 2.31. The zero-order valence-corrected chi connectivity index (χ0v) is 16.4. The maximum absolute atomic E-state index is 13.0. The number of piperidine rings is 2. The zero-order chi connectivity index (χ0) is 19.3. The van der Waals surface area contributed by atoms with E-state index in [4.69, 9.17) is 0 Å². The molecule has 3 atom stereocenters. The minimum atomic E-state index is -0.0872. The molecule has 2 aliphatic rings. The van der Waals surface area contributed by atoms with E-state index >= 15 is 0 Å². The topological polar surface area (TPSA) is 78.8 Å². The van der Waals surface area contributed by atoms with Crippen LogP contribution in [0.5, 0.6) is 0 Å². The van der Waals surface area contributed by atoms with E-state index in [9.17, 15) is 4.79 Å². The first-order valence-electron chi connectivity index (χ1n) is 10.1. The van der Waals surface area contributed by atoms with Gasteiger partial charge in [-0.1, -0.05) is 6.42 Å². The van der Waals surface area contributed by atoms with Gasteiger partial charge in [0.15, 0.2) is 5.69 Å². The van der Waals surface area contributed by atoms with Crippen LogP contribution in [0.15, 0.2) is 30.6 Å². The molecule has 2 aromatic heterocycles. The molecular weight excluding hydrogens is 352 g/mol. The summed E-state index contributed by atoms with van der Waals surface area (Å²) in [6.07, 6.45) is 9.52. The molecule has 0 unspecified atom stereocenters. The highest BCUT2D eigenvalue weighted by atomic mass is 16.2. The fraction of sp³-hybridized carbons (Fsp3) is 0.476. The van der Waals surface area contributed by atoms with E-state index < -0.39 is 0 Å². The molecule has 4 heterocycles. The Balaban J connectivity index is 1.40. The predicted molar refractivity (Wildman–Crippen MR) is 108 cm³/mol. The molecule has 0 spiro atoms. The Kier molecular flexibility index (Phi) is 4.19. The highest BCUT2D eigenvalue weighted by Crippen LogP contribution is 2.33. The second-order valence-electron chi connectivity index (χ2n) is 8.24. The summed E-state index contributed by atoms with van der Waals surface area (Å²) in [5, 5.41) is 11.4. The molecule has 0 radical (unpaired) electrons. The largest absolute Gasteiger partial charge is 0.348 e. The third-order valence-corrected chi connectivity index (χ3v) is 6.53. The molecular formula is C21H26N6O. The fourth-order valence-electron chi connectivity index (χ4n) is 4.96. The maximum atomic E-state index is 13.0. The van der Waals surface area contributed by atoms with Gasteiger partial charge in [-0.15, -0.1) is 0 Å². The number of benzene rings is 1. The molecule has 7 heteroatoms. The van der Waals surface area contributed by atoms with Crippen molar-refractivity contribution in [3.63, 3.8) is 0 Å². The lowest BCUT2D eigenvalue weighted by Crippen LogP contribution is -2.55. The van der Waals surface area contributed by atoms with Crippen LogP contribution in [0.1, 0.15) is 42.6 Å². The number of amides is 1. The van der Waals surface area contributed by atoms with Crippen LogP contribution < -0.4 is 5.32 Å². The van der Waals surface area contributed by atoms with Crippen molar-refractivity contribution in [1.82, 2.24) is 30.0 Å². The minimum absolute atomic E-state index is 0.0872. The molecule has 0 saturated carbocycles. The number of hydrogen-bond acceptors (Lipinski definition) is 4. The summed E-state index contributed by atoms with van der Waals surface area (Å²) in [7, 11) is 4.19. The van der Waals surface area contributed by atoms with Crippen molar-refractivity contribution < 1.29 is 4.79 Å². The van der Waals surface area contributed by atoms with Crippen molar-refractivity contribution >= 4 is 16.8 Å². The second kappa shape index (κ2) is 6.74. The molecule has 1 amide bonds. The second-order valence-corrected chi connectivity index (χ2v) is 8.24. The summed E-state index contributed by atoms with van der Waals surface area (Å²) in [6.45, 7) is 0. The molecule has 146 valence electrons. The minimum Gasteiger partial charge on any atom is -0.348 e. The van der Waals surface area contributed by atoms with Crippen LogP contribution in [0.4, 0.5) is 0 Å². The Labute approximate surface area is 164 Å². The summed E-state index contributed by atoms with van der Waals surface area (Å²) in [4.78, 5) is 19.9. The van der Waals surface area contributed by atoms with Crippen molar-refractivity contribution in [2.45, 2.75) is 50.2 Å². The molecule has 28 heavy (non-hydrogen) atoms. The highest BCUT2D eigenvalue weighted by Gasteiger charge is 2.36. The van der Waals surface area contributed by atoms with Gasteiger partial charge >= 0.3 is 0 Å². The van der Waals surface area contributed by atoms with Crippen LogP contribution in [0.25, 0.3) is 22.3 Å². The lowest BCUT2D eigenvalue weighted by molar-refractivity contribution is 0.0462. The summed E-state index contributed by atoms with van der Waals surface area (Å²) >= 11 is 0. The Hall–Kier alpha value is -2.67. The summed E-state index contributed by atoms with van der Waals surface area (Å²) < 4.78 is 1.97. The molecule has 0 aliphatic carbocycles. The molecule has 1 aromatic carbocycles. The van der Waals surface area contributed by atoms with Crippen molar-refractivity contribution in [2.24, 2.45) is 7.05 Å². The van der Waals surface area contributed by atoms with Gasteiger partial charge in [-0.25, -0.2) is 4.98 Å². The average molecular weight is 378 g/mol. The van der Waals surface area contributed by atoms with E-state index in [1.54, 1.807) is 6.20 Å². The Morgan fingerprint density at radius 2 is 2.00 bits per heavy atom. The molecule has 2 bridgehead atoms. The fourth-order valence-corrected chi connectivity index (χ4v) is 4.96. The number of nitrogens with zero attached hydrogens (tertiary/aromatic N) is 4. The summed E-state index contributed by atoms with van der Waals surface area (Å²) in [6, 6.07) is 7.36. The quantitative estimate of drug-likeness (QED) is 0.734. The van der Waals surface area contributed by atoms with Gasteiger partial charge in [0.25, 0.3) is 5.91 Å². The number of aryl methyl sites for hydroxylation is 1. The molecule has 2 saturated heterocycles. The van der Waals surface area contributed by atoms with E-state index in [1.807, 2.05) is 36.0 Å². The van der Waals surface area contributed by atoms with Crippen molar-refractivity contribution in [2.75, 3.05) is 7.05 Å². The predicted octanol–water partition coefficient (Wildman–Crippen LogP) is 2.71. The Morgan fingerprint density at radius 3 is 2.71 bits per heavy atom. The molecule has 2 aliphatic heterocycles. The van der Waals surface area contributed by atoms with Crippen LogP contribution >= 0.6 is 0 Å². The number of aromatic nitrogens is 4. The van der Waals surface area contributed by atoms with Gasteiger partial charge in [-0.3, -0.25) is 9.89 Å². The molecule has 3 aromatic rings. The Morgan fingerprint density at radius 1 is 1.21 bits per heavy atom. The monoisotopic (exact) mass is 378 g/mol. The van der Waals surface area contributed by atoms with Gasteiger partial charge in [-0.05, 0) is 50.9 Å². The maximum Gasteiger partial charge on any atom is 0.272 e. The highest BCUT2D eigenvalue weighted by molar-refractivity contribution is 6.05. The SMILES string of the molecule is CN1[C@@H]2CCC[C@H]1C[C@@H](NC(=O)c1n[nH]c3ccc(-c4nccn4C)cc13)C2. The van der Waals surface area contributed by atoms with Gasteiger partial charge in [0.2, 0.25) is 0 Å². The first-order valence-corrected chi connectivity index (χ1v) is 10.1. The first-order chi connectivity index (χ1) is 13.6. The number of carbonyl (C=O) groups is 1. The van der Waals surface area contributed by atoms with Gasteiger partial charge < -0.3 is 14.8 Å². The third-order valence-electron chi connectivity index (χ3n) is 6.53. The smallest absolute Gasteiger partial charge is 0.272 e. The lowest BCUT2D eigenvalue weighted by Gasteiger charge is -2.47. The zero-order valence-electron chi connectivity index (χ0n) is 16.4. The summed E-state index contributed by atoms with van der Waals surface area (Å²) in [5.74, 6) is 0.786. The number of imidazole rings is 1. The van der Waals surface area contributed by atoms with Crippen LogP contribution in [-0.4, -0.2) is 55.7 Å². The average Bonchev–Trinajstić information content (AvgIpc) is 3.28. The number of aromatic amines is 1. The molecule has 2 fully saturated rings. The number of nitrogens with one attached hydrogen (secondary N) is 2. The van der Waals surface area contributed by atoms with Crippen molar-refractivity contribution in [1.29, 1.82) is 0 Å². The number of rotatable bonds is 3. The van der Waals surface area contributed by atoms with Crippen LogP contribution in [0, 0.1) is 0 Å². The van der Waals surface area contributed by atoms with E-state index in [2.05, 4.69) is 32.4 Å². The first kappa shape index (κ1) is 17.4. The molecule has 7 nitrogen and oxygen atoms in total. The van der Waals surface area contributed by atoms with Crippen molar-refractivity contribution in [3.8, 4) is 11.4 Å². The van der Waals surface area contributed by atoms with E-state index in [1.165, 1.54) is 19.3 Å². The number of hydrogen-bond donors (Lipinski definition) is 2. The van der Waals surface area contributed by atoms with Gasteiger partial charge in [0.1, 0.15) is 5.82 Å². The number of carbonyl (C=O) groups excluding carboxylic acids is 1. The Bertz CT molecular complexity index is 1010. The number of H-pyrrole nitrogens is 1. The van der Waals surface area contributed by atoms with Gasteiger partial charge in [0, 0.05) is 48.5 Å². The van der Waals surface area contributed by atoms with Gasteiger partial charge in [0.05, 0.1) is 5.52 Å². The van der Waals surface area contributed by atoms with Crippen LogP contribution in [0.3, 0.4) is 0 Å². The third kappa shape index (κ3) is 2.90. The molecule has 2 N–H and O–H groups in total. The van der Waals surface area contributed by atoms with Crippen LogP contribution in [0.2, 0.25) is 0 Å². The number of fused-ring (bicyclic) bond motifs is 3.